The van der Waals surface area contributed by atoms with Crippen LogP contribution in [0.1, 0.15) is 52.1 Å². The minimum Gasteiger partial charge on any atom is -0.496 e. The van der Waals surface area contributed by atoms with Crippen molar-refractivity contribution in [1.82, 2.24) is 15.0 Å². The molecule has 0 aromatic carbocycles. The molecule has 2 aliphatic rings. The van der Waals surface area contributed by atoms with Crippen molar-refractivity contribution in [3.63, 3.8) is 0 Å². The number of nitrogens with two attached hydrogens (primary N) is 1. The first kappa shape index (κ1) is 21.5. The van der Waals surface area contributed by atoms with Gasteiger partial charge in [0.1, 0.15) is 11.6 Å². The Hall–Kier alpha value is -2.74. The molecule has 1 saturated heterocycles. The molecular formula is C23H31N5O3. The van der Waals surface area contributed by atoms with E-state index in [-0.39, 0.29) is 17.6 Å². The number of anilines is 2. The average molecular weight is 426 g/mol. The Labute approximate surface area is 183 Å². The van der Waals surface area contributed by atoms with E-state index in [0.29, 0.717) is 36.1 Å². The number of ether oxygens (including phenoxy) is 2. The van der Waals surface area contributed by atoms with Gasteiger partial charge in [0.25, 0.3) is 0 Å². The van der Waals surface area contributed by atoms with E-state index in [0.717, 1.165) is 55.0 Å². The summed E-state index contributed by atoms with van der Waals surface area (Å²) >= 11 is 0. The highest BCUT2D eigenvalue weighted by Crippen LogP contribution is 2.36. The van der Waals surface area contributed by atoms with Crippen LogP contribution in [0.5, 0.6) is 5.75 Å². The minimum absolute atomic E-state index is 0.103. The number of pyridine rings is 1. The Kier molecular flexibility index (Phi) is 6.09. The van der Waals surface area contributed by atoms with Gasteiger partial charge in [-0.3, -0.25) is 9.78 Å². The van der Waals surface area contributed by atoms with Crippen LogP contribution in [0.15, 0.2) is 6.20 Å². The maximum Gasteiger partial charge on any atom is 0.222 e. The lowest BCUT2D eigenvalue weighted by Gasteiger charge is -2.36. The zero-order valence-corrected chi connectivity index (χ0v) is 18.8. The fourth-order valence-corrected chi connectivity index (χ4v) is 4.85. The van der Waals surface area contributed by atoms with Crippen molar-refractivity contribution in [3.05, 3.63) is 34.3 Å². The van der Waals surface area contributed by atoms with Crippen molar-refractivity contribution in [2.75, 3.05) is 37.5 Å². The van der Waals surface area contributed by atoms with E-state index in [1.807, 2.05) is 27.0 Å². The summed E-state index contributed by atoms with van der Waals surface area (Å²) in [7, 11) is 1.68. The SMILES string of the molecule is COc1c(C)cnc(CN2CC(CC3CCOCC3)C(=O)c3c(C)nc(N)nc32)c1C. The van der Waals surface area contributed by atoms with Crippen molar-refractivity contribution in [3.8, 4) is 5.75 Å². The number of methoxy groups -OCH3 is 1. The van der Waals surface area contributed by atoms with Crippen LogP contribution in [0.25, 0.3) is 0 Å². The van der Waals surface area contributed by atoms with Crippen molar-refractivity contribution in [2.45, 2.75) is 46.6 Å². The van der Waals surface area contributed by atoms with E-state index in [4.69, 9.17) is 15.2 Å². The molecule has 0 radical (unpaired) electrons. The standard InChI is InChI=1S/C23H31N5O3/c1-13-10-25-18(14(2)21(13)30-4)12-28-11-17(9-16-5-7-31-8-6-16)20(29)19-15(3)26-23(24)27-22(19)28/h10,16-17H,5-9,11-12H2,1-4H3,(H2,24,26,27). The number of ketones is 1. The fourth-order valence-electron chi connectivity index (χ4n) is 4.85. The van der Waals surface area contributed by atoms with Crippen molar-refractivity contribution < 1.29 is 14.3 Å². The maximum atomic E-state index is 13.4. The fraction of sp³-hybridized carbons (Fsp3) is 0.565. The van der Waals surface area contributed by atoms with Gasteiger partial charge < -0.3 is 20.1 Å². The summed E-state index contributed by atoms with van der Waals surface area (Å²) < 4.78 is 11.1. The Bertz CT molecular complexity index is 988. The molecule has 0 aliphatic carbocycles. The molecule has 1 unspecified atom stereocenters. The molecule has 2 aromatic rings. The first-order chi connectivity index (χ1) is 14.9. The van der Waals surface area contributed by atoms with Crippen LogP contribution in [0.3, 0.4) is 0 Å². The maximum absolute atomic E-state index is 13.4. The lowest BCUT2D eigenvalue weighted by molar-refractivity contribution is 0.0558. The Morgan fingerprint density at radius 2 is 1.97 bits per heavy atom. The molecule has 2 aromatic heterocycles. The Morgan fingerprint density at radius 1 is 1.23 bits per heavy atom. The molecule has 4 rings (SSSR count). The van der Waals surface area contributed by atoms with Gasteiger partial charge in [0.2, 0.25) is 5.95 Å². The second-order valence-electron chi connectivity index (χ2n) is 8.65. The summed E-state index contributed by atoms with van der Waals surface area (Å²) in [4.78, 5) is 29.0. The van der Waals surface area contributed by atoms with Crippen LogP contribution < -0.4 is 15.4 Å². The molecule has 1 fully saturated rings. The van der Waals surface area contributed by atoms with Gasteiger partial charge in [0.05, 0.1) is 30.6 Å². The monoisotopic (exact) mass is 425 g/mol. The van der Waals surface area contributed by atoms with Crippen LogP contribution in [0.4, 0.5) is 11.8 Å². The van der Waals surface area contributed by atoms with Gasteiger partial charge in [-0.25, -0.2) is 4.98 Å². The summed E-state index contributed by atoms with van der Waals surface area (Å²) in [6, 6.07) is 0. The highest BCUT2D eigenvalue weighted by molar-refractivity contribution is 6.05. The second-order valence-corrected chi connectivity index (χ2v) is 8.65. The van der Waals surface area contributed by atoms with E-state index < -0.39 is 0 Å². The third kappa shape index (κ3) is 4.21. The minimum atomic E-state index is -0.103. The van der Waals surface area contributed by atoms with Crippen molar-refractivity contribution in [2.24, 2.45) is 11.8 Å². The molecule has 2 N–H and O–H groups in total. The van der Waals surface area contributed by atoms with E-state index in [9.17, 15) is 4.79 Å². The van der Waals surface area contributed by atoms with Crippen LogP contribution in [0.2, 0.25) is 0 Å². The molecule has 0 saturated carbocycles. The third-order valence-electron chi connectivity index (χ3n) is 6.49. The number of aryl methyl sites for hydroxylation is 2. The van der Waals surface area contributed by atoms with Gasteiger partial charge in [0.15, 0.2) is 5.78 Å². The largest absolute Gasteiger partial charge is 0.496 e. The first-order valence-corrected chi connectivity index (χ1v) is 10.9. The molecule has 2 aliphatic heterocycles. The lowest BCUT2D eigenvalue weighted by Crippen LogP contribution is -2.42. The van der Waals surface area contributed by atoms with E-state index in [1.54, 1.807) is 7.11 Å². The van der Waals surface area contributed by atoms with E-state index in [2.05, 4.69) is 19.9 Å². The van der Waals surface area contributed by atoms with Gasteiger partial charge >= 0.3 is 0 Å². The highest BCUT2D eigenvalue weighted by Gasteiger charge is 2.37. The summed E-state index contributed by atoms with van der Waals surface area (Å²) in [6.07, 6.45) is 4.69. The number of carbonyl (C=O) groups excluding carboxylic acids is 1. The van der Waals surface area contributed by atoms with Crippen molar-refractivity contribution >= 4 is 17.5 Å². The van der Waals surface area contributed by atoms with Crippen molar-refractivity contribution in [1.29, 1.82) is 0 Å². The summed E-state index contributed by atoms with van der Waals surface area (Å²) in [5, 5.41) is 0. The number of fused-ring (bicyclic) bond motifs is 1. The molecule has 31 heavy (non-hydrogen) atoms. The number of aromatic nitrogens is 3. The van der Waals surface area contributed by atoms with Crippen LogP contribution in [-0.4, -0.2) is 47.6 Å². The molecule has 166 valence electrons. The number of Topliss-reactive ketones (excluding diaryl/α,β-unsaturated/α-hetero) is 1. The van der Waals surface area contributed by atoms with Crippen LogP contribution in [-0.2, 0) is 11.3 Å². The zero-order valence-electron chi connectivity index (χ0n) is 18.8. The average Bonchev–Trinajstić information content (AvgIpc) is 2.74. The molecule has 1 atom stereocenters. The predicted octanol–water partition coefficient (Wildman–Crippen LogP) is 3.02. The number of hydrogen-bond donors (Lipinski definition) is 1. The van der Waals surface area contributed by atoms with Crippen LogP contribution in [0, 0.1) is 32.6 Å². The first-order valence-electron chi connectivity index (χ1n) is 10.9. The van der Waals surface area contributed by atoms with Gasteiger partial charge in [-0.15, -0.1) is 0 Å². The normalized spacial score (nSPS) is 19.4. The zero-order chi connectivity index (χ0) is 22.1. The summed E-state index contributed by atoms with van der Waals surface area (Å²) in [5.74, 6) is 2.16. The Morgan fingerprint density at radius 3 is 2.68 bits per heavy atom. The summed E-state index contributed by atoms with van der Waals surface area (Å²) in [6.45, 7) is 8.51. The molecule has 0 amide bonds. The Balaban J connectivity index is 1.69. The van der Waals surface area contributed by atoms with Gasteiger partial charge in [-0.2, -0.15) is 4.98 Å². The summed E-state index contributed by atoms with van der Waals surface area (Å²) in [5.41, 5.74) is 10.1. The second kappa shape index (κ2) is 8.78. The molecule has 0 spiro atoms. The van der Waals surface area contributed by atoms with Gasteiger partial charge in [-0.1, -0.05) is 0 Å². The number of carbonyl (C=O) groups is 1. The third-order valence-corrected chi connectivity index (χ3v) is 6.49. The van der Waals surface area contributed by atoms with Crippen LogP contribution >= 0.6 is 0 Å². The molecule has 0 bridgehead atoms. The molecule has 8 heteroatoms. The number of nitrogens with zero attached hydrogens (tertiary/aromatic N) is 4. The highest BCUT2D eigenvalue weighted by atomic mass is 16.5. The number of rotatable bonds is 5. The molecular weight excluding hydrogens is 394 g/mol. The van der Waals surface area contributed by atoms with Gasteiger partial charge in [0, 0.05) is 43.0 Å². The van der Waals surface area contributed by atoms with E-state index in [1.165, 1.54) is 0 Å². The van der Waals surface area contributed by atoms with E-state index >= 15 is 0 Å². The predicted molar refractivity (Wildman–Crippen MR) is 118 cm³/mol. The lowest BCUT2D eigenvalue weighted by atomic mass is 9.82. The molecule has 8 nitrogen and oxygen atoms in total. The topological polar surface area (TPSA) is 103 Å². The quantitative estimate of drug-likeness (QED) is 0.780. The number of nitrogen functional groups attached to an aromatic ring is 1. The smallest absolute Gasteiger partial charge is 0.222 e. The number of hydrogen-bond acceptors (Lipinski definition) is 8. The molecule has 4 heterocycles. The van der Waals surface area contributed by atoms with Gasteiger partial charge in [-0.05, 0) is 46.0 Å².